The average Bonchev–Trinajstić information content (AvgIpc) is 3.49. The van der Waals surface area contributed by atoms with E-state index >= 15 is 0 Å². The van der Waals surface area contributed by atoms with Gasteiger partial charge in [-0.15, -0.1) is 22.7 Å². The SMILES string of the molecule is COc1ccc(-c2nc(Cn3cnc4cc(-c5ccccc5)sc4c3=O)cs2)cc1OC. The number of ether oxygens (including phenoxy) is 2. The maximum absolute atomic E-state index is 13.1. The maximum Gasteiger partial charge on any atom is 0.271 e. The highest BCUT2D eigenvalue weighted by Gasteiger charge is 2.13. The largest absolute Gasteiger partial charge is 0.493 e. The van der Waals surface area contributed by atoms with E-state index in [0.29, 0.717) is 22.7 Å². The number of hydrogen-bond donors (Lipinski definition) is 0. The zero-order valence-electron chi connectivity index (χ0n) is 17.4. The third-order valence-corrected chi connectivity index (χ3v) is 7.18. The number of nitrogens with zero attached hydrogens (tertiary/aromatic N) is 3. The highest BCUT2D eigenvalue weighted by molar-refractivity contribution is 7.22. The minimum absolute atomic E-state index is 0.0529. The lowest BCUT2D eigenvalue weighted by molar-refractivity contribution is 0.355. The summed E-state index contributed by atoms with van der Waals surface area (Å²) in [5.74, 6) is 1.32. The zero-order chi connectivity index (χ0) is 22.1. The number of hydrogen-bond acceptors (Lipinski definition) is 7. The van der Waals surface area contributed by atoms with Crippen LogP contribution in [0.5, 0.6) is 11.5 Å². The molecule has 3 heterocycles. The highest BCUT2D eigenvalue weighted by Crippen LogP contribution is 2.34. The van der Waals surface area contributed by atoms with Gasteiger partial charge in [-0.05, 0) is 29.8 Å². The van der Waals surface area contributed by atoms with Gasteiger partial charge in [0, 0.05) is 15.8 Å². The third kappa shape index (κ3) is 3.79. The van der Waals surface area contributed by atoms with Crippen molar-refractivity contribution in [1.29, 1.82) is 0 Å². The van der Waals surface area contributed by atoms with Crippen molar-refractivity contribution in [2.24, 2.45) is 0 Å². The summed E-state index contributed by atoms with van der Waals surface area (Å²) in [7, 11) is 3.22. The number of aromatic nitrogens is 3. The Labute approximate surface area is 192 Å². The molecule has 5 aromatic rings. The molecule has 3 aromatic heterocycles. The second kappa shape index (κ2) is 8.57. The Balaban J connectivity index is 1.44. The molecule has 0 unspecified atom stereocenters. The Bertz CT molecular complexity index is 1450. The van der Waals surface area contributed by atoms with Crippen molar-refractivity contribution in [2.75, 3.05) is 14.2 Å². The van der Waals surface area contributed by atoms with Gasteiger partial charge in [0.05, 0.1) is 38.3 Å². The van der Waals surface area contributed by atoms with Crippen LogP contribution in [0.1, 0.15) is 5.69 Å². The van der Waals surface area contributed by atoms with Gasteiger partial charge in [0.25, 0.3) is 5.56 Å². The fourth-order valence-corrected chi connectivity index (χ4v) is 5.33. The van der Waals surface area contributed by atoms with E-state index in [9.17, 15) is 4.79 Å². The number of benzene rings is 2. The van der Waals surface area contributed by atoms with Crippen molar-refractivity contribution < 1.29 is 9.47 Å². The molecular formula is C24H19N3O3S2. The van der Waals surface area contributed by atoms with Crippen LogP contribution in [-0.4, -0.2) is 28.8 Å². The summed E-state index contributed by atoms with van der Waals surface area (Å²) in [6.45, 7) is 0.365. The quantitative estimate of drug-likeness (QED) is 0.343. The first-order chi connectivity index (χ1) is 15.7. The fraction of sp³-hybridized carbons (Fsp3) is 0.125. The molecule has 0 bridgehead atoms. The van der Waals surface area contributed by atoms with Gasteiger partial charge in [-0.1, -0.05) is 30.3 Å². The van der Waals surface area contributed by atoms with E-state index in [0.717, 1.165) is 32.2 Å². The summed E-state index contributed by atoms with van der Waals surface area (Å²) >= 11 is 3.00. The summed E-state index contributed by atoms with van der Waals surface area (Å²) in [5.41, 5.74) is 3.50. The summed E-state index contributed by atoms with van der Waals surface area (Å²) in [6.07, 6.45) is 1.60. The van der Waals surface area contributed by atoms with E-state index < -0.39 is 0 Å². The molecule has 0 atom stereocenters. The van der Waals surface area contributed by atoms with Gasteiger partial charge in [0.15, 0.2) is 11.5 Å². The number of thiazole rings is 1. The van der Waals surface area contributed by atoms with Crippen LogP contribution in [0.2, 0.25) is 0 Å². The number of fused-ring (bicyclic) bond motifs is 1. The van der Waals surface area contributed by atoms with Crippen LogP contribution in [0.15, 0.2) is 71.1 Å². The number of thiophene rings is 1. The van der Waals surface area contributed by atoms with Gasteiger partial charge >= 0.3 is 0 Å². The molecule has 160 valence electrons. The first kappa shape index (κ1) is 20.4. The Morgan fingerprint density at radius 2 is 1.78 bits per heavy atom. The van der Waals surface area contributed by atoms with E-state index in [1.807, 2.05) is 60.0 Å². The first-order valence-electron chi connectivity index (χ1n) is 9.87. The van der Waals surface area contributed by atoms with Crippen LogP contribution in [0.3, 0.4) is 0 Å². The molecule has 0 amide bonds. The maximum atomic E-state index is 13.1. The van der Waals surface area contributed by atoms with Crippen molar-refractivity contribution in [3.63, 3.8) is 0 Å². The minimum Gasteiger partial charge on any atom is -0.493 e. The molecular weight excluding hydrogens is 442 g/mol. The Morgan fingerprint density at radius 1 is 0.969 bits per heavy atom. The van der Waals surface area contributed by atoms with Crippen LogP contribution in [0.25, 0.3) is 31.2 Å². The van der Waals surface area contributed by atoms with Gasteiger partial charge < -0.3 is 9.47 Å². The molecule has 0 aliphatic carbocycles. The number of rotatable bonds is 6. The summed E-state index contributed by atoms with van der Waals surface area (Å²) in [5, 5.41) is 2.82. The molecule has 0 aliphatic rings. The molecule has 0 saturated heterocycles. The third-order valence-electron chi connectivity index (χ3n) is 5.08. The molecule has 6 nitrogen and oxygen atoms in total. The summed E-state index contributed by atoms with van der Waals surface area (Å²) in [4.78, 5) is 23.3. The molecule has 0 saturated carbocycles. The first-order valence-corrected chi connectivity index (χ1v) is 11.6. The number of methoxy groups -OCH3 is 2. The lowest BCUT2D eigenvalue weighted by Gasteiger charge is -2.08. The second-order valence-corrected chi connectivity index (χ2v) is 8.99. The lowest BCUT2D eigenvalue weighted by Crippen LogP contribution is -2.20. The van der Waals surface area contributed by atoms with E-state index in [2.05, 4.69) is 4.98 Å². The van der Waals surface area contributed by atoms with Crippen molar-refractivity contribution in [1.82, 2.24) is 14.5 Å². The zero-order valence-corrected chi connectivity index (χ0v) is 19.1. The van der Waals surface area contributed by atoms with Crippen LogP contribution in [-0.2, 0) is 6.54 Å². The molecule has 0 aliphatic heterocycles. The molecule has 0 fully saturated rings. The standard InChI is InChI=1S/C24H19N3O3S2/c1-29-19-9-8-16(10-20(19)30-2)23-26-17(13-31-23)12-27-14-25-18-11-21(32-22(18)24(27)28)15-6-4-3-5-7-15/h3-11,13-14H,12H2,1-2H3. The Kier molecular flexibility index (Phi) is 5.46. The Hall–Kier alpha value is -3.49. The Morgan fingerprint density at radius 3 is 2.56 bits per heavy atom. The predicted molar refractivity (Wildman–Crippen MR) is 129 cm³/mol. The molecule has 8 heteroatoms. The lowest BCUT2D eigenvalue weighted by atomic mass is 10.2. The normalized spacial score (nSPS) is 11.1. The van der Waals surface area contributed by atoms with E-state index in [1.54, 1.807) is 25.1 Å². The van der Waals surface area contributed by atoms with Gasteiger partial charge in [0.2, 0.25) is 0 Å². The molecule has 0 spiro atoms. The fourth-order valence-electron chi connectivity index (χ4n) is 3.46. The van der Waals surface area contributed by atoms with Gasteiger partial charge in [-0.25, -0.2) is 9.97 Å². The predicted octanol–water partition coefficient (Wildman–Crippen LogP) is 5.31. The van der Waals surface area contributed by atoms with Crippen LogP contribution in [0, 0.1) is 0 Å². The topological polar surface area (TPSA) is 66.2 Å². The average molecular weight is 462 g/mol. The second-order valence-electron chi connectivity index (χ2n) is 7.08. The summed E-state index contributed by atoms with van der Waals surface area (Å²) in [6, 6.07) is 17.7. The molecule has 5 rings (SSSR count). The van der Waals surface area contributed by atoms with Gasteiger partial charge in [-0.2, -0.15) is 0 Å². The van der Waals surface area contributed by atoms with Crippen LogP contribution >= 0.6 is 22.7 Å². The monoisotopic (exact) mass is 461 g/mol. The van der Waals surface area contributed by atoms with E-state index in [-0.39, 0.29) is 5.56 Å². The van der Waals surface area contributed by atoms with Crippen LogP contribution in [0.4, 0.5) is 0 Å². The van der Waals surface area contributed by atoms with Crippen molar-refractivity contribution >= 4 is 32.9 Å². The van der Waals surface area contributed by atoms with Gasteiger partial charge in [0.1, 0.15) is 9.71 Å². The van der Waals surface area contributed by atoms with Crippen molar-refractivity contribution in [2.45, 2.75) is 6.54 Å². The van der Waals surface area contributed by atoms with E-state index in [1.165, 1.54) is 22.7 Å². The highest BCUT2D eigenvalue weighted by atomic mass is 32.1. The molecule has 0 N–H and O–H groups in total. The van der Waals surface area contributed by atoms with Crippen LogP contribution < -0.4 is 15.0 Å². The van der Waals surface area contributed by atoms with E-state index in [4.69, 9.17) is 14.5 Å². The van der Waals surface area contributed by atoms with Gasteiger partial charge in [-0.3, -0.25) is 9.36 Å². The van der Waals surface area contributed by atoms with Crippen molar-refractivity contribution in [3.05, 3.63) is 82.4 Å². The molecule has 32 heavy (non-hydrogen) atoms. The van der Waals surface area contributed by atoms with Crippen molar-refractivity contribution in [3.8, 4) is 32.5 Å². The molecule has 0 radical (unpaired) electrons. The summed E-state index contributed by atoms with van der Waals surface area (Å²) < 4.78 is 13.0. The minimum atomic E-state index is -0.0529. The molecule has 2 aromatic carbocycles. The smallest absolute Gasteiger partial charge is 0.271 e.